The van der Waals surface area contributed by atoms with Crippen molar-refractivity contribution in [1.82, 2.24) is 14.8 Å². The number of thioether (sulfide) groups is 1. The number of nitrogens with one attached hydrogen (secondary N) is 1. The molecule has 2 aromatic carbocycles. The number of furan rings is 1. The highest BCUT2D eigenvalue weighted by molar-refractivity contribution is 9.11. The zero-order valence-corrected chi connectivity index (χ0v) is 21.5. The van der Waals surface area contributed by atoms with E-state index in [1.807, 2.05) is 47.0 Å². The third kappa shape index (κ3) is 5.14. The normalized spacial score (nSPS) is 11.1. The van der Waals surface area contributed by atoms with Gasteiger partial charge in [-0.05, 0) is 58.4 Å². The summed E-state index contributed by atoms with van der Waals surface area (Å²) in [5.41, 5.74) is 1.46. The van der Waals surface area contributed by atoms with Crippen molar-refractivity contribution >= 4 is 82.1 Å². The van der Waals surface area contributed by atoms with Crippen LogP contribution in [0.3, 0.4) is 0 Å². The number of benzene rings is 2. The van der Waals surface area contributed by atoms with Crippen molar-refractivity contribution in [2.45, 2.75) is 11.7 Å². The van der Waals surface area contributed by atoms with E-state index in [0.29, 0.717) is 29.0 Å². The predicted molar refractivity (Wildman–Crippen MR) is 134 cm³/mol. The molecule has 0 atom stereocenters. The second-order valence-corrected chi connectivity index (χ2v) is 10.1. The largest absolute Gasteiger partial charge is 0.453 e. The van der Waals surface area contributed by atoms with Crippen molar-refractivity contribution in [3.63, 3.8) is 0 Å². The third-order valence-corrected chi connectivity index (χ3v) is 6.91. The van der Waals surface area contributed by atoms with Crippen LogP contribution in [0.15, 0.2) is 78.1 Å². The minimum Gasteiger partial charge on any atom is -0.453 e. The van der Waals surface area contributed by atoms with Gasteiger partial charge < -0.3 is 9.73 Å². The Balaban J connectivity index is 1.53. The molecular formula is C21H15Br3N4O2S. The molecule has 0 aliphatic rings. The van der Waals surface area contributed by atoms with Crippen molar-refractivity contribution in [1.29, 1.82) is 0 Å². The Bertz CT molecular complexity index is 1290. The molecule has 1 amide bonds. The summed E-state index contributed by atoms with van der Waals surface area (Å²) < 4.78 is 10.5. The SMILES string of the molecule is C=CCn1c(SCC(=O)Nc2cc(Br)ccc2Br)nnc1-c1cc2cc(Br)ccc2o1. The quantitative estimate of drug-likeness (QED) is 0.179. The second-order valence-electron chi connectivity index (χ2n) is 6.46. The summed E-state index contributed by atoms with van der Waals surface area (Å²) >= 11 is 11.6. The Kier molecular flexibility index (Phi) is 7.00. The first-order valence-electron chi connectivity index (χ1n) is 9.06. The molecule has 4 rings (SSSR count). The molecule has 0 unspecified atom stereocenters. The van der Waals surface area contributed by atoms with Gasteiger partial charge in [0, 0.05) is 25.3 Å². The number of fused-ring (bicyclic) bond motifs is 1. The van der Waals surface area contributed by atoms with Gasteiger partial charge in [0.2, 0.25) is 11.7 Å². The van der Waals surface area contributed by atoms with Crippen LogP contribution < -0.4 is 5.32 Å². The molecule has 0 fully saturated rings. The molecule has 10 heteroatoms. The molecule has 1 N–H and O–H groups in total. The highest BCUT2D eigenvalue weighted by Gasteiger charge is 2.18. The summed E-state index contributed by atoms with van der Waals surface area (Å²) in [5.74, 6) is 1.23. The van der Waals surface area contributed by atoms with Gasteiger partial charge in [0.15, 0.2) is 10.9 Å². The first-order valence-corrected chi connectivity index (χ1v) is 12.4. The van der Waals surface area contributed by atoms with E-state index in [-0.39, 0.29) is 11.7 Å². The van der Waals surface area contributed by atoms with Crippen LogP contribution in [0.25, 0.3) is 22.6 Å². The summed E-state index contributed by atoms with van der Waals surface area (Å²) in [6, 6.07) is 13.3. The van der Waals surface area contributed by atoms with Gasteiger partial charge in [-0.1, -0.05) is 49.7 Å². The maximum atomic E-state index is 12.5. The number of carbonyl (C=O) groups excluding carboxylic acids is 1. The van der Waals surface area contributed by atoms with Gasteiger partial charge in [-0.2, -0.15) is 0 Å². The number of hydrogen-bond acceptors (Lipinski definition) is 5. The molecule has 0 radical (unpaired) electrons. The molecule has 0 saturated carbocycles. The van der Waals surface area contributed by atoms with Crippen molar-refractivity contribution in [2.24, 2.45) is 0 Å². The molecule has 0 spiro atoms. The van der Waals surface area contributed by atoms with E-state index in [2.05, 4.69) is 69.9 Å². The van der Waals surface area contributed by atoms with Crippen LogP contribution in [0.4, 0.5) is 5.69 Å². The number of carbonyl (C=O) groups is 1. The zero-order valence-electron chi connectivity index (χ0n) is 15.9. The van der Waals surface area contributed by atoms with Gasteiger partial charge >= 0.3 is 0 Å². The van der Waals surface area contributed by atoms with Crippen LogP contribution in [0.2, 0.25) is 0 Å². The zero-order chi connectivity index (χ0) is 22.0. The molecule has 2 aromatic heterocycles. The molecule has 31 heavy (non-hydrogen) atoms. The van der Waals surface area contributed by atoms with E-state index < -0.39 is 0 Å². The molecular weight excluding hydrogens is 612 g/mol. The molecule has 6 nitrogen and oxygen atoms in total. The van der Waals surface area contributed by atoms with Gasteiger partial charge in [0.05, 0.1) is 11.4 Å². The first kappa shape index (κ1) is 22.3. The van der Waals surface area contributed by atoms with Crippen LogP contribution in [0, 0.1) is 0 Å². The fraction of sp³-hybridized carbons (Fsp3) is 0.0952. The topological polar surface area (TPSA) is 73.0 Å². The van der Waals surface area contributed by atoms with Crippen molar-refractivity contribution in [3.05, 3.63) is 68.5 Å². The van der Waals surface area contributed by atoms with E-state index in [9.17, 15) is 4.79 Å². The van der Waals surface area contributed by atoms with Crippen LogP contribution in [0.1, 0.15) is 0 Å². The fourth-order valence-corrected chi connectivity index (χ4v) is 4.74. The Morgan fingerprint density at radius 3 is 2.71 bits per heavy atom. The molecule has 0 saturated heterocycles. The molecule has 4 aromatic rings. The van der Waals surface area contributed by atoms with Crippen molar-refractivity contribution in [3.8, 4) is 11.6 Å². The first-order chi connectivity index (χ1) is 14.9. The van der Waals surface area contributed by atoms with Gasteiger partial charge in [0.25, 0.3) is 0 Å². The minimum absolute atomic E-state index is 0.146. The standard InChI is InChI=1S/C21H15Br3N4O2S/c1-2-7-28-20(18-9-12-8-13(22)4-6-17(12)30-18)26-27-21(28)31-11-19(29)25-16-10-14(23)3-5-15(16)24/h2-6,8-10H,1,7,11H2,(H,25,29). The number of aromatic nitrogens is 3. The number of amides is 1. The number of nitrogens with zero attached hydrogens (tertiary/aromatic N) is 3. The summed E-state index contributed by atoms with van der Waals surface area (Å²) in [6.07, 6.45) is 1.76. The Morgan fingerprint density at radius 1 is 1.13 bits per heavy atom. The van der Waals surface area contributed by atoms with Gasteiger partial charge in [-0.25, -0.2) is 0 Å². The summed E-state index contributed by atoms with van der Waals surface area (Å²) in [7, 11) is 0. The highest BCUT2D eigenvalue weighted by atomic mass is 79.9. The maximum absolute atomic E-state index is 12.5. The van der Waals surface area contributed by atoms with Crippen LogP contribution in [0.5, 0.6) is 0 Å². The van der Waals surface area contributed by atoms with Gasteiger partial charge in [-0.3, -0.25) is 9.36 Å². The molecule has 2 heterocycles. The van der Waals surface area contributed by atoms with Crippen LogP contribution in [-0.4, -0.2) is 26.4 Å². The number of anilines is 1. The minimum atomic E-state index is -0.146. The Morgan fingerprint density at radius 2 is 1.90 bits per heavy atom. The monoisotopic (exact) mass is 624 g/mol. The van der Waals surface area contributed by atoms with E-state index in [4.69, 9.17) is 4.42 Å². The maximum Gasteiger partial charge on any atom is 0.234 e. The number of hydrogen-bond donors (Lipinski definition) is 1. The van der Waals surface area contributed by atoms with E-state index in [1.54, 1.807) is 6.08 Å². The number of allylic oxidation sites excluding steroid dienone is 1. The molecule has 0 bridgehead atoms. The third-order valence-electron chi connectivity index (χ3n) is 4.26. The molecule has 0 aliphatic heterocycles. The Labute approximate surface area is 207 Å². The number of rotatable bonds is 7. The van der Waals surface area contributed by atoms with E-state index >= 15 is 0 Å². The number of halogens is 3. The lowest BCUT2D eigenvalue weighted by Crippen LogP contribution is -2.15. The summed E-state index contributed by atoms with van der Waals surface area (Å²) in [5, 5.41) is 13.0. The molecule has 158 valence electrons. The van der Waals surface area contributed by atoms with Crippen molar-refractivity contribution in [2.75, 3.05) is 11.1 Å². The lowest BCUT2D eigenvalue weighted by Gasteiger charge is -2.08. The molecule has 0 aliphatic carbocycles. The van der Waals surface area contributed by atoms with E-state index in [0.717, 1.165) is 24.4 Å². The van der Waals surface area contributed by atoms with Crippen molar-refractivity contribution < 1.29 is 9.21 Å². The predicted octanol–water partition coefficient (Wildman–Crippen LogP) is 6.90. The van der Waals surface area contributed by atoms with Gasteiger partial charge in [0.1, 0.15) is 5.58 Å². The lowest BCUT2D eigenvalue weighted by atomic mass is 10.2. The summed E-state index contributed by atoms with van der Waals surface area (Å²) in [4.78, 5) is 12.5. The van der Waals surface area contributed by atoms with E-state index in [1.165, 1.54) is 11.8 Å². The second kappa shape index (κ2) is 9.72. The summed E-state index contributed by atoms with van der Waals surface area (Å²) in [6.45, 7) is 4.31. The average Bonchev–Trinajstić information content (AvgIpc) is 3.33. The lowest BCUT2D eigenvalue weighted by molar-refractivity contribution is -0.113. The highest BCUT2D eigenvalue weighted by Crippen LogP contribution is 2.31. The van der Waals surface area contributed by atoms with Crippen LogP contribution in [-0.2, 0) is 11.3 Å². The van der Waals surface area contributed by atoms with Crippen LogP contribution >= 0.6 is 59.6 Å². The smallest absolute Gasteiger partial charge is 0.234 e. The fourth-order valence-electron chi connectivity index (χ4n) is 2.91. The average molecular weight is 627 g/mol. The van der Waals surface area contributed by atoms with Gasteiger partial charge in [-0.15, -0.1) is 16.8 Å². The Hall–Kier alpha value is -1.88.